The zero-order chi connectivity index (χ0) is 14.7. The number of methoxy groups -OCH3 is 1. The summed E-state index contributed by atoms with van der Waals surface area (Å²) in [6.07, 6.45) is 0.351. The molecule has 2 aromatic rings. The van der Waals surface area contributed by atoms with Crippen molar-refractivity contribution in [3.63, 3.8) is 0 Å². The molecular weight excluding hydrogens is 350 g/mol. The summed E-state index contributed by atoms with van der Waals surface area (Å²) in [6.45, 7) is 0. The molecule has 0 aliphatic carbocycles. The highest BCUT2D eigenvalue weighted by molar-refractivity contribution is 9.10. The molecule has 2 rings (SSSR count). The average Bonchev–Trinajstić information content (AvgIpc) is 2.43. The van der Waals surface area contributed by atoms with Crippen molar-refractivity contribution in [1.82, 2.24) is 0 Å². The van der Waals surface area contributed by atoms with E-state index in [0.29, 0.717) is 12.2 Å². The smallest absolute Gasteiger partial charge is 0.137 e. The lowest BCUT2D eigenvalue weighted by molar-refractivity contribution is 0.409. The van der Waals surface area contributed by atoms with E-state index in [0.717, 1.165) is 17.7 Å². The summed E-state index contributed by atoms with van der Waals surface area (Å²) in [5.41, 5.74) is 0.982. The number of ether oxygens (including phenoxy) is 1. The summed E-state index contributed by atoms with van der Waals surface area (Å²) in [7, 11) is 1.56. The van der Waals surface area contributed by atoms with E-state index >= 15 is 0 Å². The Morgan fingerprint density at radius 1 is 1.20 bits per heavy atom. The predicted octanol–water partition coefficient (Wildman–Crippen LogP) is 5.26. The Labute approximate surface area is 129 Å². The van der Waals surface area contributed by atoms with E-state index in [2.05, 4.69) is 15.9 Å². The molecule has 1 unspecified atom stereocenters. The molecule has 0 heterocycles. The van der Waals surface area contributed by atoms with Crippen molar-refractivity contribution in [2.75, 3.05) is 7.11 Å². The molecule has 0 aliphatic rings. The molecule has 1 atom stereocenters. The molecule has 0 aromatic heterocycles. The van der Waals surface area contributed by atoms with Crippen molar-refractivity contribution in [2.45, 2.75) is 11.8 Å². The Kier molecular flexibility index (Phi) is 5.00. The third-order valence-corrected chi connectivity index (χ3v) is 3.97. The molecule has 2 aromatic carbocycles. The Balaban J connectivity index is 2.28. The van der Waals surface area contributed by atoms with E-state index in [1.807, 2.05) is 18.2 Å². The monoisotopic (exact) mass is 360 g/mol. The van der Waals surface area contributed by atoms with E-state index in [4.69, 9.17) is 16.3 Å². The van der Waals surface area contributed by atoms with Crippen LogP contribution in [0.1, 0.15) is 16.5 Å². The highest BCUT2D eigenvalue weighted by Gasteiger charge is 2.18. The molecule has 0 radical (unpaired) electrons. The summed E-state index contributed by atoms with van der Waals surface area (Å²) in [5, 5.41) is -0.672. The maximum absolute atomic E-state index is 13.9. The lowest BCUT2D eigenvalue weighted by Gasteiger charge is -2.14. The standard InChI is InChI=1S/C15H12BrClF2O/c1-20-15-5-3-2-4-9(15)6-12(17)10-7-14(19)11(16)8-13(10)18/h2-5,7-8,12H,6H2,1H3. The van der Waals surface area contributed by atoms with Gasteiger partial charge in [0, 0.05) is 5.56 Å². The van der Waals surface area contributed by atoms with Gasteiger partial charge in [0.1, 0.15) is 17.4 Å². The van der Waals surface area contributed by atoms with E-state index in [9.17, 15) is 8.78 Å². The molecule has 0 aliphatic heterocycles. The minimum absolute atomic E-state index is 0.0832. The largest absolute Gasteiger partial charge is 0.496 e. The van der Waals surface area contributed by atoms with Crippen LogP contribution in [0.25, 0.3) is 0 Å². The maximum Gasteiger partial charge on any atom is 0.137 e. The molecule has 106 valence electrons. The second-order valence-electron chi connectivity index (χ2n) is 4.27. The van der Waals surface area contributed by atoms with E-state index in [-0.39, 0.29) is 10.0 Å². The summed E-state index contributed by atoms with van der Waals surface area (Å²) in [5.74, 6) is -0.392. The fraction of sp³-hybridized carbons (Fsp3) is 0.200. The molecule has 0 amide bonds. The minimum atomic E-state index is -0.672. The average molecular weight is 362 g/mol. The van der Waals surface area contributed by atoms with Crippen molar-refractivity contribution < 1.29 is 13.5 Å². The summed E-state index contributed by atoms with van der Waals surface area (Å²) < 4.78 is 32.7. The van der Waals surface area contributed by atoms with Gasteiger partial charge in [-0.2, -0.15) is 0 Å². The van der Waals surface area contributed by atoms with E-state index < -0.39 is 17.0 Å². The summed E-state index contributed by atoms with van der Waals surface area (Å²) >= 11 is 9.16. The van der Waals surface area contributed by atoms with Crippen LogP contribution in [-0.2, 0) is 6.42 Å². The first-order chi connectivity index (χ1) is 9.52. The van der Waals surface area contributed by atoms with Crippen LogP contribution >= 0.6 is 27.5 Å². The Morgan fingerprint density at radius 2 is 1.90 bits per heavy atom. The third kappa shape index (κ3) is 3.30. The van der Waals surface area contributed by atoms with Gasteiger partial charge in [-0.3, -0.25) is 0 Å². The van der Waals surface area contributed by atoms with Crippen molar-refractivity contribution >= 4 is 27.5 Å². The van der Waals surface area contributed by atoms with Gasteiger partial charge in [0.15, 0.2) is 0 Å². The Morgan fingerprint density at radius 3 is 2.60 bits per heavy atom. The van der Waals surface area contributed by atoms with E-state index in [1.54, 1.807) is 13.2 Å². The highest BCUT2D eigenvalue weighted by atomic mass is 79.9. The lowest BCUT2D eigenvalue weighted by atomic mass is 10.0. The molecule has 0 spiro atoms. The molecule has 5 heteroatoms. The van der Waals surface area contributed by atoms with Gasteiger partial charge in [0.25, 0.3) is 0 Å². The molecule has 0 saturated carbocycles. The second-order valence-corrected chi connectivity index (χ2v) is 5.65. The number of hydrogen-bond donors (Lipinski definition) is 0. The van der Waals surface area contributed by atoms with Crippen LogP contribution in [0.15, 0.2) is 40.9 Å². The quantitative estimate of drug-likeness (QED) is 0.533. The first-order valence-corrected chi connectivity index (χ1v) is 7.16. The van der Waals surface area contributed by atoms with Gasteiger partial charge in [-0.25, -0.2) is 8.78 Å². The van der Waals surface area contributed by atoms with Crippen LogP contribution in [0.5, 0.6) is 5.75 Å². The normalized spacial score (nSPS) is 12.2. The molecule has 1 nitrogen and oxygen atoms in total. The van der Waals surface area contributed by atoms with Gasteiger partial charge in [0.2, 0.25) is 0 Å². The summed E-state index contributed by atoms with van der Waals surface area (Å²) in [6, 6.07) is 9.54. The molecule has 0 saturated heterocycles. The highest BCUT2D eigenvalue weighted by Crippen LogP contribution is 2.32. The van der Waals surface area contributed by atoms with Gasteiger partial charge in [-0.05, 0) is 46.1 Å². The van der Waals surface area contributed by atoms with Crippen molar-refractivity contribution in [1.29, 1.82) is 0 Å². The molecule has 0 fully saturated rings. The van der Waals surface area contributed by atoms with Crippen LogP contribution in [-0.4, -0.2) is 7.11 Å². The SMILES string of the molecule is COc1ccccc1CC(Cl)c1cc(F)c(Br)cc1F. The van der Waals surface area contributed by atoms with Gasteiger partial charge in [-0.1, -0.05) is 18.2 Å². The van der Waals surface area contributed by atoms with Crippen LogP contribution < -0.4 is 4.74 Å². The third-order valence-electron chi connectivity index (χ3n) is 2.97. The zero-order valence-corrected chi connectivity index (χ0v) is 13.0. The molecule has 0 N–H and O–H groups in total. The van der Waals surface area contributed by atoms with Gasteiger partial charge in [-0.15, -0.1) is 11.6 Å². The van der Waals surface area contributed by atoms with Crippen molar-refractivity contribution in [3.05, 3.63) is 63.6 Å². The number of rotatable bonds is 4. The fourth-order valence-corrected chi connectivity index (χ4v) is 2.60. The van der Waals surface area contributed by atoms with Crippen LogP contribution in [0.4, 0.5) is 8.78 Å². The first-order valence-electron chi connectivity index (χ1n) is 5.93. The second kappa shape index (κ2) is 6.55. The molecule has 0 bridgehead atoms. The zero-order valence-electron chi connectivity index (χ0n) is 10.7. The fourth-order valence-electron chi connectivity index (χ4n) is 1.95. The van der Waals surface area contributed by atoms with Crippen LogP contribution in [0.2, 0.25) is 0 Å². The number of hydrogen-bond acceptors (Lipinski definition) is 1. The Hall–Kier alpha value is -1.13. The number of halogens is 4. The van der Waals surface area contributed by atoms with Crippen molar-refractivity contribution in [3.8, 4) is 5.75 Å². The van der Waals surface area contributed by atoms with E-state index in [1.165, 1.54) is 0 Å². The first kappa shape index (κ1) is 15.3. The topological polar surface area (TPSA) is 9.23 Å². The lowest BCUT2D eigenvalue weighted by Crippen LogP contribution is -2.02. The van der Waals surface area contributed by atoms with Crippen LogP contribution in [0, 0.1) is 11.6 Å². The molecule has 20 heavy (non-hydrogen) atoms. The predicted molar refractivity (Wildman–Crippen MR) is 79.4 cm³/mol. The minimum Gasteiger partial charge on any atom is -0.496 e. The van der Waals surface area contributed by atoms with Gasteiger partial charge >= 0.3 is 0 Å². The van der Waals surface area contributed by atoms with Gasteiger partial charge in [0.05, 0.1) is 17.0 Å². The number of benzene rings is 2. The Bertz CT molecular complexity index is 619. The van der Waals surface area contributed by atoms with Gasteiger partial charge < -0.3 is 4.74 Å². The molecular formula is C15H12BrClF2O. The van der Waals surface area contributed by atoms with Crippen LogP contribution in [0.3, 0.4) is 0 Å². The summed E-state index contributed by atoms with van der Waals surface area (Å²) in [4.78, 5) is 0. The number of alkyl halides is 1. The maximum atomic E-state index is 13.9. The van der Waals surface area contributed by atoms with Crippen molar-refractivity contribution in [2.24, 2.45) is 0 Å². The number of para-hydroxylation sites is 1.